The van der Waals surface area contributed by atoms with Gasteiger partial charge in [-0.1, -0.05) is 48.5 Å². The fourth-order valence-corrected chi connectivity index (χ4v) is 2.81. The van der Waals surface area contributed by atoms with Gasteiger partial charge in [0.2, 0.25) is 23.8 Å². The molecule has 0 saturated carbocycles. The van der Waals surface area contributed by atoms with Crippen LogP contribution in [0.2, 0.25) is 0 Å². The molecule has 0 aliphatic carbocycles. The van der Waals surface area contributed by atoms with E-state index in [1.807, 2.05) is 48.5 Å². The van der Waals surface area contributed by atoms with Crippen molar-refractivity contribution < 1.29 is 0 Å². The third-order valence-corrected chi connectivity index (χ3v) is 4.45. The Kier molecular flexibility index (Phi) is 22.0. The maximum atomic E-state index is 5.37. The van der Waals surface area contributed by atoms with Crippen LogP contribution in [0.15, 0.2) is 89.3 Å². The third-order valence-electron chi connectivity index (χ3n) is 4.45. The minimum absolute atomic E-state index is 0. The molecule has 42 heavy (non-hydrogen) atoms. The van der Waals surface area contributed by atoms with Gasteiger partial charge in [0.05, 0.1) is 12.4 Å². The average molecular weight is 664 g/mol. The number of hydrogen-bond acceptors (Lipinski definition) is 8. The van der Waals surface area contributed by atoms with Crippen LogP contribution in [0, 0.1) is 0 Å². The van der Waals surface area contributed by atoms with Crippen molar-refractivity contribution in [3.63, 3.8) is 0 Å². The van der Waals surface area contributed by atoms with Gasteiger partial charge in [0.1, 0.15) is 11.4 Å². The van der Waals surface area contributed by atoms with Crippen molar-refractivity contribution in [3.8, 4) is 0 Å². The average Bonchev–Trinajstić information content (AvgIpc) is 2.87. The smallest absolute Gasteiger partial charge is 0.211 e. The lowest BCUT2D eigenvalue weighted by atomic mass is 10.0. The quantitative estimate of drug-likeness (QED) is 0.0888. The van der Waals surface area contributed by atoms with Crippen LogP contribution in [-0.2, 0) is 12.8 Å². The molecule has 230 valence electrons. The zero-order valence-corrected chi connectivity index (χ0v) is 25.3. The van der Waals surface area contributed by atoms with Crippen LogP contribution in [0.3, 0.4) is 0 Å². The number of halogens is 4. The van der Waals surface area contributed by atoms with Gasteiger partial charge in [0, 0.05) is 11.1 Å². The van der Waals surface area contributed by atoms with Crippen LogP contribution in [-0.4, -0.2) is 47.7 Å². The standard InChI is InChI=1S/C22H30N16.4ClH/c23-19(24)35-31-11-17(33-37-21(27)28)15-7-3-13(4-8-15)1-2-14-5-9-16(10-6-14)18(34-38-22(29)30)12-32-36-20(25)26;;;;/h3-12H,1-2H2,(H4,23,24,35)(H4,25,26,36)(H4,27,28,37)(H4,29,30,38);4*1H. The number of rotatable bonds is 11. The summed E-state index contributed by atoms with van der Waals surface area (Å²) in [5.74, 6) is -0.781. The molecule has 2 aromatic rings. The van der Waals surface area contributed by atoms with Gasteiger partial charge in [-0.2, -0.15) is 10.2 Å². The van der Waals surface area contributed by atoms with Crippen LogP contribution in [0.4, 0.5) is 0 Å². The number of nitrogens with zero attached hydrogens (tertiary/aromatic N) is 8. The monoisotopic (exact) mass is 662 g/mol. The van der Waals surface area contributed by atoms with Gasteiger partial charge in [0.15, 0.2) is 0 Å². The molecule has 0 amide bonds. The summed E-state index contributed by atoms with van der Waals surface area (Å²) in [6.07, 6.45) is 4.25. The number of guanidine groups is 4. The Balaban J connectivity index is -0.00000380. The summed E-state index contributed by atoms with van der Waals surface area (Å²) < 4.78 is 0. The van der Waals surface area contributed by atoms with E-state index in [0.29, 0.717) is 22.6 Å². The Labute approximate surface area is 267 Å². The molecule has 0 unspecified atom stereocenters. The minimum Gasteiger partial charge on any atom is -0.369 e. The second-order valence-corrected chi connectivity index (χ2v) is 7.45. The first kappa shape index (κ1) is 41.8. The van der Waals surface area contributed by atoms with Gasteiger partial charge in [-0.25, -0.2) is 0 Å². The highest BCUT2D eigenvalue weighted by Crippen LogP contribution is 2.12. The molecule has 0 aromatic heterocycles. The first-order valence-corrected chi connectivity index (χ1v) is 10.9. The van der Waals surface area contributed by atoms with Crippen molar-refractivity contribution in [2.24, 2.45) is 86.7 Å². The SMILES string of the molecule is Cl.Cl.Cl.Cl.NC(N)=NN=CC(=NN=C(N)N)c1ccc(CCc2ccc(C(C=NN=C(N)N)=NN=C(N)N)cc2)cc1. The molecule has 0 radical (unpaired) electrons. The number of benzene rings is 2. The van der Waals surface area contributed by atoms with E-state index in [2.05, 4.69) is 40.8 Å². The molecular formula is C22H34Cl4N16. The van der Waals surface area contributed by atoms with Gasteiger partial charge >= 0.3 is 0 Å². The Morgan fingerprint density at radius 3 is 0.976 bits per heavy atom. The molecule has 16 nitrogen and oxygen atoms in total. The predicted molar refractivity (Wildman–Crippen MR) is 183 cm³/mol. The molecule has 2 aromatic carbocycles. The molecule has 0 atom stereocenters. The normalized spacial score (nSPS) is 10.7. The summed E-state index contributed by atoms with van der Waals surface area (Å²) in [5.41, 5.74) is 47.0. The molecule has 0 aliphatic heterocycles. The number of aryl methyl sites for hydroxylation is 2. The van der Waals surface area contributed by atoms with Gasteiger partial charge in [-0.15, -0.1) is 80.2 Å². The van der Waals surface area contributed by atoms with Gasteiger partial charge < -0.3 is 45.9 Å². The third kappa shape index (κ3) is 16.5. The lowest BCUT2D eigenvalue weighted by molar-refractivity contribution is 0.960. The van der Waals surface area contributed by atoms with Gasteiger partial charge in [-0.05, 0) is 24.0 Å². The topological polar surface area (TPSA) is 307 Å². The van der Waals surface area contributed by atoms with Crippen molar-refractivity contribution in [1.82, 2.24) is 0 Å². The second kappa shape index (κ2) is 22.1. The summed E-state index contributed by atoms with van der Waals surface area (Å²) >= 11 is 0. The Morgan fingerprint density at radius 2 is 0.714 bits per heavy atom. The van der Waals surface area contributed by atoms with Crippen molar-refractivity contribution in [3.05, 3.63) is 70.8 Å². The van der Waals surface area contributed by atoms with E-state index in [0.717, 1.165) is 24.0 Å². The predicted octanol–water partition coefficient (Wildman–Crippen LogP) is -0.368. The molecule has 16 N–H and O–H groups in total. The van der Waals surface area contributed by atoms with E-state index in [-0.39, 0.29) is 73.5 Å². The zero-order chi connectivity index (χ0) is 27.9. The van der Waals surface area contributed by atoms with Crippen LogP contribution < -0.4 is 45.9 Å². The first-order chi connectivity index (χ1) is 18.1. The maximum Gasteiger partial charge on any atom is 0.211 e. The zero-order valence-electron chi connectivity index (χ0n) is 22.0. The lowest BCUT2D eigenvalue weighted by Gasteiger charge is -2.06. The highest BCUT2D eigenvalue weighted by atomic mass is 35.5. The summed E-state index contributed by atoms with van der Waals surface area (Å²) in [6, 6.07) is 15.3. The molecular weight excluding hydrogens is 630 g/mol. The van der Waals surface area contributed by atoms with Crippen molar-refractivity contribution in [2.45, 2.75) is 12.8 Å². The van der Waals surface area contributed by atoms with E-state index in [9.17, 15) is 0 Å². The highest BCUT2D eigenvalue weighted by Gasteiger charge is 2.05. The van der Waals surface area contributed by atoms with E-state index >= 15 is 0 Å². The van der Waals surface area contributed by atoms with Crippen LogP contribution in [0.1, 0.15) is 22.3 Å². The molecule has 0 bridgehead atoms. The molecule has 0 heterocycles. The van der Waals surface area contributed by atoms with Crippen molar-refractivity contribution in [1.29, 1.82) is 0 Å². The largest absolute Gasteiger partial charge is 0.369 e. The molecule has 0 aliphatic rings. The van der Waals surface area contributed by atoms with E-state index < -0.39 is 0 Å². The second-order valence-electron chi connectivity index (χ2n) is 7.45. The van der Waals surface area contributed by atoms with E-state index in [1.54, 1.807) is 0 Å². The fraction of sp³-hybridized carbons (Fsp3) is 0.0909. The summed E-state index contributed by atoms with van der Waals surface area (Å²) in [5, 5.41) is 29.9. The van der Waals surface area contributed by atoms with Crippen molar-refractivity contribution >= 4 is 97.3 Å². The summed E-state index contributed by atoms with van der Waals surface area (Å²) in [6.45, 7) is 0. The lowest BCUT2D eigenvalue weighted by Crippen LogP contribution is -2.22. The number of nitrogens with two attached hydrogens (primary N) is 8. The van der Waals surface area contributed by atoms with E-state index in [4.69, 9.17) is 45.9 Å². The molecule has 2 rings (SSSR count). The molecule has 0 saturated heterocycles. The maximum absolute atomic E-state index is 5.37. The van der Waals surface area contributed by atoms with Crippen LogP contribution in [0.25, 0.3) is 0 Å². The number of hydrogen-bond donors (Lipinski definition) is 8. The summed E-state index contributed by atoms with van der Waals surface area (Å²) in [4.78, 5) is 0. The molecule has 0 spiro atoms. The Bertz CT molecular complexity index is 1210. The summed E-state index contributed by atoms with van der Waals surface area (Å²) in [7, 11) is 0. The van der Waals surface area contributed by atoms with Gasteiger partial charge in [-0.3, -0.25) is 0 Å². The first-order valence-electron chi connectivity index (χ1n) is 10.9. The van der Waals surface area contributed by atoms with Crippen LogP contribution in [0.5, 0.6) is 0 Å². The highest BCUT2D eigenvalue weighted by molar-refractivity contribution is 6.38. The van der Waals surface area contributed by atoms with Crippen LogP contribution >= 0.6 is 49.6 Å². The minimum atomic E-state index is -0.198. The fourth-order valence-electron chi connectivity index (χ4n) is 2.81. The molecule has 0 fully saturated rings. The Morgan fingerprint density at radius 1 is 0.429 bits per heavy atom. The Hall–Kier alpha value is -4.64. The van der Waals surface area contributed by atoms with Crippen molar-refractivity contribution in [2.75, 3.05) is 0 Å². The van der Waals surface area contributed by atoms with E-state index in [1.165, 1.54) is 12.4 Å². The van der Waals surface area contributed by atoms with Gasteiger partial charge in [0.25, 0.3) is 0 Å². The molecule has 20 heteroatoms.